The van der Waals surface area contributed by atoms with Gasteiger partial charge in [-0.25, -0.2) is 0 Å². The first-order valence-electron chi connectivity index (χ1n) is 6.68. The lowest BCUT2D eigenvalue weighted by atomic mass is 9.80. The molecule has 4 unspecified atom stereocenters. The summed E-state index contributed by atoms with van der Waals surface area (Å²) in [7, 11) is 3.11. The van der Waals surface area contributed by atoms with Gasteiger partial charge in [0.15, 0.2) is 5.78 Å². The lowest BCUT2D eigenvalue weighted by Crippen LogP contribution is -2.67. The summed E-state index contributed by atoms with van der Waals surface area (Å²) in [6, 6.07) is 8.81. The summed E-state index contributed by atoms with van der Waals surface area (Å²) in [5.41, 5.74) is -1.84. The Labute approximate surface area is 126 Å². The van der Waals surface area contributed by atoms with Crippen molar-refractivity contribution in [2.24, 2.45) is 5.92 Å². The monoisotopic (exact) mass is 308 g/mol. The van der Waals surface area contributed by atoms with Crippen LogP contribution in [0.15, 0.2) is 42.5 Å². The van der Waals surface area contributed by atoms with Gasteiger partial charge >= 0.3 is 0 Å². The van der Waals surface area contributed by atoms with Crippen molar-refractivity contribution in [3.63, 3.8) is 0 Å². The van der Waals surface area contributed by atoms with Crippen molar-refractivity contribution in [3.05, 3.63) is 53.3 Å². The van der Waals surface area contributed by atoms with Gasteiger partial charge in [-0.2, -0.15) is 0 Å². The molecule has 2 N–H and O–H groups in total. The molecule has 5 nitrogen and oxygen atoms in total. The first-order chi connectivity index (χ1) is 9.80. The van der Waals surface area contributed by atoms with Gasteiger partial charge in [0.2, 0.25) is 5.72 Å². The minimum Gasteiger partial charge on any atom is -0.783 e. The molecule has 0 spiro atoms. The molecule has 0 fully saturated rings. The molecule has 0 radical (unpaired) electrons. The van der Waals surface area contributed by atoms with E-state index >= 15 is 0 Å². The zero-order chi connectivity index (χ0) is 15.7. The van der Waals surface area contributed by atoms with Gasteiger partial charge < -0.3 is 20.5 Å². The maximum Gasteiger partial charge on any atom is 0.200 e. The largest absolute Gasteiger partial charge is 0.783 e. The highest BCUT2D eigenvalue weighted by Gasteiger charge is 2.55. The fourth-order valence-corrected chi connectivity index (χ4v) is 3.00. The number of hydroxylamine groups is 2. The summed E-state index contributed by atoms with van der Waals surface area (Å²) >= 11 is 0. The van der Waals surface area contributed by atoms with Crippen molar-refractivity contribution in [2.75, 3.05) is 7.05 Å². The highest BCUT2D eigenvalue weighted by molar-refractivity contribution is 7.19. The molecule has 0 heterocycles. The van der Waals surface area contributed by atoms with Crippen molar-refractivity contribution in [1.82, 2.24) is 5.06 Å². The van der Waals surface area contributed by atoms with E-state index in [1.165, 1.54) is 0 Å². The summed E-state index contributed by atoms with van der Waals surface area (Å²) in [6.45, 7) is 0. The second-order valence-electron chi connectivity index (χ2n) is 5.35. The van der Waals surface area contributed by atoms with Crippen LogP contribution >= 0.6 is 9.24 Å². The van der Waals surface area contributed by atoms with Crippen molar-refractivity contribution >= 4 is 15.0 Å². The Morgan fingerprint density at radius 3 is 2.43 bits per heavy atom. The first-order valence-corrected chi connectivity index (χ1v) is 7.26. The van der Waals surface area contributed by atoms with Gasteiger partial charge in [-0.05, 0) is 19.0 Å². The van der Waals surface area contributed by atoms with Crippen LogP contribution in [0.4, 0.5) is 0 Å². The molecule has 1 aliphatic rings. The third-order valence-corrected chi connectivity index (χ3v) is 4.76. The van der Waals surface area contributed by atoms with Gasteiger partial charge in [0.05, 0.1) is 0 Å². The molecule has 1 aromatic rings. The molecule has 0 saturated heterocycles. The molecule has 4 atom stereocenters. The van der Waals surface area contributed by atoms with Crippen LogP contribution in [0.3, 0.4) is 0 Å². The number of benzene rings is 1. The second kappa shape index (κ2) is 5.95. The molecule has 21 heavy (non-hydrogen) atoms. The standard InChI is InChI=1S/C15H19NO4P/c1-16(20)14(18,15(19,21)12-8-5-9-12)13(17)10-11-6-3-2-4-7-11/h2-8,12,18-19H,9-10,21H2,1H3/q-1. The molecular weight excluding hydrogens is 289 g/mol. The molecule has 0 bridgehead atoms. The molecule has 1 aliphatic carbocycles. The van der Waals surface area contributed by atoms with E-state index in [-0.39, 0.29) is 11.5 Å². The highest BCUT2D eigenvalue weighted by atomic mass is 31.0. The Morgan fingerprint density at radius 2 is 2.00 bits per heavy atom. The Kier molecular flexibility index (Phi) is 4.61. The summed E-state index contributed by atoms with van der Waals surface area (Å²) in [5.74, 6) is -1.19. The topological polar surface area (TPSA) is 83.8 Å². The Morgan fingerprint density at radius 1 is 1.43 bits per heavy atom. The summed E-state index contributed by atoms with van der Waals surface area (Å²) in [5, 5.41) is 31.3. The van der Waals surface area contributed by atoms with E-state index < -0.39 is 22.8 Å². The normalized spacial score (nSPS) is 23.2. The highest BCUT2D eigenvalue weighted by Crippen LogP contribution is 2.44. The molecule has 0 aliphatic heterocycles. The van der Waals surface area contributed by atoms with Gasteiger partial charge in [0, 0.05) is 12.3 Å². The van der Waals surface area contributed by atoms with Crippen LogP contribution in [-0.4, -0.2) is 39.2 Å². The van der Waals surface area contributed by atoms with E-state index in [1.807, 2.05) is 12.1 Å². The number of hydrogen-bond acceptors (Lipinski definition) is 5. The van der Waals surface area contributed by atoms with Crippen LogP contribution in [0.2, 0.25) is 0 Å². The van der Waals surface area contributed by atoms with Gasteiger partial charge in [0.1, 0.15) is 5.34 Å². The molecule has 0 saturated carbocycles. The SMILES string of the molecule is CN([O-])C(O)(C(=O)Cc1ccccc1)C(O)(P)C1C=CC1. The van der Waals surface area contributed by atoms with Crippen LogP contribution in [0.1, 0.15) is 12.0 Å². The maximum atomic E-state index is 12.5. The van der Waals surface area contributed by atoms with E-state index in [2.05, 4.69) is 9.24 Å². The van der Waals surface area contributed by atoms with Crippen LogP contribution < -0.4 is 0 Å². The number of aliphatic hydroxyl groups is 2. The molecule has 0 aromatic heterocycles. The van der Waals surface area contributed by atoms with Crippen molar-refractivity contribution in [3.8, 4) is 0 Å². The molecule has 2 rings (SSSR count). The van der Waals surface area contributed by atoms with Crippen molar-refractivity contribution in [2.45, 2.75) is 23.9 Å². The number of carbonyl (C=O) groups is 1. The number of rotatable bonds is 6. The number of likely N-dealkylation sites (N-methyl/N-ethyl adjacent to an activating group) is 1. The average Bonchev–Trinajstić information content (AvgIpc) is 2.35. The number of hydrogen-bond donors (Lipinski definition) is 2. The van der Waals surface area contributed by atoms with E-state index in [1.54, 1.807) is 30.3 Å². The van der Waals surface area contributed by atoms with Gasteiger partial charge in [0.25, 0.3) is 0 Å². The molecule has 114 valence electrons. The quantitative estimate of drug-likeness (QED) is 0.355. The first kappa shape index (κ1) is 16.3. The summed E-state index contributed by atoms with van der Waals surface area (Å²) in [6.07, 6.45) is 3.87. The lowest BCUT2D eigenvalue weighted by molar-refractivity contribution is -0.194. The van der Waals surface area contributed by atoms with Gasteiger partial charge in [-0.3, -0.25) is 4.79 Å². The molecule has 0 amide bonds. The lowest BCUT2D eigenvalue weighted by Gasteiger charge is -2.52. The third kappa shape index (κ3) is 2.80. The van der Waals surface area contributed by atoms with E-state index in [0.717, 1.165) is 7.05 Å². The number of allylic oxidation sites excluding steroid dienone is 1. The Bertz CT molecular complexity index is 544. The Hall–Kier alpha value is -1.10. The minimum absolute atomic E-state index is 0.128. The zero-order valence-corrected chi connectivity index (χ0v) is 12.9. The number of ketones is 1. The number of nitrogens with zero attached hydrogens (tertiary/aromatic N) is 1. The van der Waals surface area contributed by atoms with Crippen LogP contribution in [0.25, 0.3) is 0 Å². The fourth-order valence-electron chi connectivity index (χ4n) is 2.41. The van der Waals surface area contributed by atoms with Crippen LogP contribution in [0, 0.1) is 11.1 Å². The molecule has 1 aromatic carbocycles. The Balaban J connectivity index is 2.29. The fraction of sp³-hybridized carbons (Fsp3) is 0.400. The predicted octanol–water partition coefficient (Wildman–Crippen LogP) is 1.06. The molecular formula is C15H19NO4P-. The van der Waals surface area contributed by atoms with E-state index in [4.69, 9.17) is 0 Å². The third-order valence-electron chi connectivity index (χ3n) is 3.93. The van der Waals surface area contributed by atoms with Crippen LogP contribution in [-0.2, 0) is 11.2 Å². The second-order valence-corrected chi connectivity index (χ2v) is 6.23. The summed E-state index contributed by atoms with van der Waals surface area (Å²) < 4.78 is 0. The van der Waals surface area contributed by atoms with E-state index in [0.29, 0.717) is 12.0 Å². The van der Waals surface area contributed by atoms with Gasteiger partial charge in [-0.1, -0.05) is 51.7 Å². The minimum atomic E-state index is -2.51. The predicted molar refractivity (Wildman–Crippen MR) is 83.1 cm³/mol. The number of carbonyl (C=O) groups excluding carboxylic acids is 1. The number of Topliss-reactive ketones (excluding diaryl/α,β-unsaturated/α-hetero) is 1. The van der Waals surface area contributed by atoms with E-state index in [9.17, 15) is 20.2 Å². The van der Waals surface area contributed by atoms with Crippen molar-refractivity contribution < 1.29 is 15.0 Å². The van der Waals surface area contributed by atoms with Gasteiger partial charge in [-0.15, -0.1) is 0 Å². The zero-order valence-electron chi connectivity index (χ0n) is 11.8. The maximum absolute atomic E-state index is 12.5. The smallest absolute Gasteiger partial charge is 0.200 e. The van der Waals surface area contributed by atoms with Crippen LogP contribution in [0.5, 0.6) is 0 Å². The summed E-state index contributed by atoms with van der Waals surface area (Å²) in [4.78, 5) is 12.5. The average molecular weight is 308 g/mol. The van der Waals surface area contributed by atoms with Crippen molar-refractivity contribution in [1.29, 1.82) is 0 Å². The molecule has 6 heteroatoms.